The minimum atomic E-state index is -1.21. The lowest BCUT2D eigenvalue weighted by Gasteiger charge is -2.25. The summed E-state index contributed by atoms with van der Waals surface area (Å²) in [5, 5.41) is 5.27. The van der Waals surface area contributed by atoms with Gasteiger partial charge in [-0.2, -0.15) is 0 Å². The molecule has 0 aromatic heterocycles. The van der Waals surface area contributed by atoms with E-state index in [1.165, 1.54) is 12.1 Å². The number of esters is 2. The number of fused-ring (bicyclic) bond motifs is 8. The van der Waals surface area contributed by atoms with Gasteiger partial charge in [0, 0.05) is 12.8 Å². The maximum absolute atomic E-state index is 13.6. The average molecular weight is 472 g/mol. The van der Waals surface area contributed by atoms with Gasteiger partial charge in [0.15, 0.2) is 11.6 Å². The molecule has 0 saturated carbocycles. The summed E-state index contributed by atoms with van der Waals surface area (Å²) >= 11 is 0. The number of carbonyl (C=O) groups is 6. The summed E-state index contributed by atoms with van der Waals surface area (Å²) in [7, 11) is 0. The van der Waals surface area contributed by atoms with Gasteiger partial charge in [0.1, 0.15) is 11.8 Å². The molecule has 0 saturated heterocycles. The Morgan fingerprint density at radius 3 is 2.03 bits per heavy atom. The van der Waals surface area contributed by atoms with Crippen molar-refractivity contribution in [2.75, 3.05) is 23.8 Å². The Hall–Kier alpha value is -3.56. The molecular weight excluding hydrogens is 444 g/mol. The van der Waals surface area contributed by atoms with Gasteiger partial charge in [-0.1, -0.05) is 0 Å². The Kier molecular flexibility index (Phi) is 8.14. The smallest absolute Gasteiger partial charge is 0.318 e. The predicted molar refractivity (Wildman–Crippen MR) is 120 cm³/mol. The van der Waals surface area contributed by atoms with Crippen molar-refractivity contribution in [2.24, 2.45) is 11.8 Å². The van der Waals surface area contributed by atoms with E-state index in [-0.39, 0.29) is 74.2 Å². The van der Waals surface area contributed by atoms with Crippen LogP contribution in [0.4, 0.5) is 11.4 Å². The third-order valence-electron chi connectivity index (χ3n) is 5.83. The first-order chi connectivity index (χ1) is 16.3. The summed E-state index contributed by atoms with van der Waals surface area (Å²) < 4.78 is 10.1. The molecule has 0 radical (unpaired) electrons. The quantitative estimate of drug-likeness (QED) is 0.503. The van der Waals surface area contributed by atoms with E-state index in [1.54, 1.807) is 13.8 Å². The molecule has 4 rings (SSSR count). The van der Waals surface area contributed by atoms with Crippen molar-refractivity contribution in [1.29, 1.82) is 0 Å². The number of ketones is 2. The molecule has 3 aliphatic rings. The van der Waals surface area contributed by atoms with Crippen molar-refractivity contribution in [3.63, 3.8) is 0 Å². The summed E-state index contributed by atoms with van der Waals surface area (Å²) in [4.78, 5) is 77.2. The molecule has 1 aromatic rings. The number of anilines is 2. The molecule has 1 aliphatic carbocycles. The molecule has 2 amide bonds. The average Bonchev–Trinajstić information content (AvgIpc) is 2.78. The maximum atomic E-state index is 13.6. The molecule has 2 N–H and O–H groups in total. The fourth-order valence-electron chi connectivity index (χ4n) is 4.22. The molecule has 0 spiro atoms. The fraction of sp³-hybridized carbons (Fsp3) is 0.500. The zero-order valence-corrected chi connectivity index (χ0v) is 19.2. The highest BCUT2D eigenvalue weighted by Gasteiger charge is 2.38. The Bertz CT molecular complexity index is 1030. The number of amides is 2. The van der Waals surface area contributed by atoms with Crippen LogP contribution >= 0.6 is 0 Å². The summed E-state index contributed by atoms with van der Waals surface area (Å²) in [5.41, 5.74) is -0.0960. The first-order valence-electron chi connectivity index (χ1n) is 11.5. The molecule has 2 unspecified atom stereocenters. The monoisotopic (exact) mass is 472 g/mol. The van der Waals surface area contributed by atoms with Crippen molar-refractivity contribution in [3.05, 3.63) is 23.3 Å². The second-order valence-electron chi connectivity index (χ2n) is 8.13. The minimum Gasteiger partial charge on any atom is -0.465 e. The highest BCUT2D eigenvalue weighted by atomic mass is 16.5. The Labute approximate surface area is 196 Å². The van der Waals surface area contributed by atoms with Gasteiger partial charge in [-0.3, -0.25) is 28.8 Å². The SMILES string of the molecule is CCOC(=O)C1CCCC(=O)Nc2ccc(c3c2C(=O)CCCC(C(=O)OCC)C3=O)NC1=O. The molecule has 0 fully saturated rings. The number of nitrogens with one attached hydrogen (secondary N) is 2. The van der Waals surface area contributed by atoms with Gasteiger partial charge in [-0.05, 0) is 51.7 Å². The molecule has 34 heavy (non-hydrogen) atoms. The van der Waals surface area contributed by atoms with E-state index >= 15 is 0 Å². The van der Waals surface area contributed by atoms with E-state index < -0.39 is 47.2 Å². The lowest BCUT2D eigenvalue weighted by Crippen LogP contribution is -2.34. The van der Waals surface area contributed by atoms with Crippen molar-refractivity contribution < 1.29 is 38.2 Å². The van der Waals surface area contributed by atoms with Crippen LogP contribution in [-0.2, 0) is 28.7 Å². The maximum Gasteiger partial charge on any atom is 0.318 e. The Morgan fingerprint density at radius 2 is 1.38 bits per heavy atom. The van der Waals surface area contributed by atoms with E-state index in [2.05, 4.69) is 10.6 Å². The number of carbonyl (C=O) groups excluding carboxylic acids is 6. The zero-order chi connectivity index (χ0) is 24.8. The van der Waals surface area contributed by atoms with Gasteiger partial charge in [-0.15, -0.1) is 0 Å². The van der Waals surface area contributed by atoms with Crippen LogP contribution in [0.1, 0.15) is 73.1 Å². The number of Topliss-reactive ketones (excluding diaryl/α,β-unsaturated/α-hetero) is 2. The van der Waals surface area contributed by atoms with Crippen LogP contribution in [0.3, 0.4) is 0 Å². The number of rotatable bonds is 4. The number of benzene rings is 1. The molecule has 10 nitrogen and oxygen atoms in total. The number of hydrogen-bond acceptors (Lipinski definition) is 8. The highest BCUT2D eigenvalue weighted by molar-refractivity contribution is 6.22. The lowest BCUT2D eigenvalue weighted by molar-refractivity contribution is -0.151. The van der Waals surface area contributed by atoms with Gasteiger partial charge in [-0.25, -0.2) is 0 Å². The Morgan fingerprint density at radius 1 is 0.824 bits per heavy atom. The van der Waals surface area contributed by atoms with Gasteiger partial charge in [0.25, 0.3) is 0 Å². The van der Waals surface area contributed by atoms with Crippen molar-refractivity contribution in [2.45, 2.75) is 52.4 Å². The molecule has 1 aromatic carbocycles. The predicted octanol–water partition coefficient (Wildman–Crippen LogP) is 2.66. The van der Waals surface area contributed by atoms with Gasteiger partial charge < -0.3 is 20.1 Å². The first kappa shape index (κ1) is 25.1. The van der Waals surface area contributed by atoms with Crippen LogP contribution in [0, 0.1) is 11.8 Å². The second-order valence-corrected chi connectivity index (χ2v) is 8.13. The molecule has 2 aliphatic heterocycles. The van der Waals surface area contributed by atoms with Crippen LogP contribution in [0.5, 0.6) is 0 Å². The topological polar surface area (TPSA) is 145 Å². The van der Waals surface area contributed by atoms with E-state index in [9.17, 15) is 28.8 Å². The molecule has 2 heterocycles. The fourth-order valence-corrected chi connectivity index (χ4v) is 4.22. The third-order valence-corrected chi connectivity index (χ3v) is 5.83. The Balaban J connectivity index is 2.17. The van der Waals surface area contributed by atoms with E-state index in [4.69, 9.17) is 9.47 Å². The van der Waals surface area contributed by atoms with Crippen LogP contribution in [0.25, 0.3) is 0 Å². The molecular formula is C24H28N2O8. The van der Waals surface area contributed by atoms with Gasteiger partial charge in [0.2, 0.25) is 11.8 Å². The van der Waals surface area contributed by atoms with Crippen LogP contribution in [0.2, 0.25) is 0 Å². The second kappa shape index (κ2) is 11.0. The summed E-state index contributed by atoms with van der Waals surface area (Å²) in [6.45, 7) is 3.38. The van der Waals surface area contributed by atoms with Crippen molar-refractivity contribution in [1.82, 2.24) is 0 Å². The van der Waals surface area contributed by atoms with Crippen molar-refractivity contribution >= 4 is 46.7 Å². The highest BCUT2D eigenvalue weighted by Crippen LogP contribution is 2.35. The summed E-state index contributed by atoms with van der Waals surface area (Å²) in [5.74, 6) is -6.06. The first-order valence-corrected chi connectivity index (χ1v) is 11.5. The van der Waals surface area contributed by atoms with Gasteiger partial charge in [0.05, 0.1) is 35.7 Å². The van der Waals surface area contributed by atoms with Crippen LogP contribution in [-0.4, -0.2) is 48.5 Å². The molecule has 2 bridgehead atoms. The lowest BCUT2D eigenvalue weighted by atomic mass is 9.83. The van der Waals surface area contributed by atoms with E-state index in [1.807, 2.05) is 0 Å². The van der Waals surface area contributed by atoms with Gasteiger partial charge >= 0.3 is 11.9 Å². The van der Waals surface area contributed by atoms with E-state index in [0.29, 0.717) is 0 Å². The normalized spacial score (nSPS) is 21.1. The molecule has 10 heteroatoms. The summed E-state index contributed by atoms with van der Waals surface area (Å²) in [6, 6.07) is 2.81. The molecule has 182 valence electrons. The third kappa shape index (κ3) is 5.32. The van der Waals surface area contributed by atoms with E-state index in [0.717, 1.165) is 0 Å². The number of ether oxygens (including phenoxy) is 2. The van der Waals surface area contributed by atoms with Crippen LogP contribution < -0.4 is 10.6 Å². The largest absolute Gasteiger partial charge is 0.465 e. The van der Waals surface area contributed by atoms with Crippen LogP contribution in [0.15, 0.2) is 12.1 Å². The zero-order valence-electron chi connectivity index (χ0n) is 19.2. The molecule has 2 atom stereocenters. The number of hydrogen-bond donors (Lipinski definition) is 2. The standard InChI is InChI=1S/C24H28N2O8/c1-3-33-23(31)13-7-5-9-17(27)19-15-11-12-16(20(19)21(13)29)26-22(30)14(24(32)34-4-2)8-6-10-18(28)25-15/h11-14H,3-10H2,1-2H3,(H,25,28)(H,26,30). The van der Waals surface area contributed by atoms with Crippen molar-refractivity contribution in [3.8, 4) is 0 Å². The minimum absolute atomic E-state index is 0.00665. The summed E-state index contributed by atoms with van der Waals surface area (Å²) in [6.07, 6.45) is 0.725.